The molecule has 0 bridgehead atoms. The van der Waals surface area contributed by atoms with Crippen LogP contribution in [0.4, 0.5) is 0 Å². The van der Waals surface area contributed by atoms with Crippen LogP contribution in [0.1, 0.15) is 22.0 Å². The Morgan fingerprint density at radius 2 is 1.72 bits per heavy atom. The highest BCUT2D eigenvalue weighted by molar-refractivity contribution is 7.10. The van der Waals surface area contributed by atoms with Crippen LogP contribution in [0.15, 0.2) is 29.6 Å². The summed E-state index contributed by atoms with van der Waals surface area (Å²) in [5.41, 5.74) is 8.46. The second kappa shape index (κ2) is 5.42. The molecular formula is C14H17NO2S. The van der Waals surface area contributed by atoms with E-state index in [1.807, 2.05) is 23.6 Å². The maximum absolute atomic E-state index is 6.36. The number of benzene rings is 1. The Morgan fingerprint density at radius 1 is 1.11 bits per heavy atom. The number of nitrogens with two attached hydrogens (primary N) is 1. The van der Waals surface area contributed by atoms with Crippen molar-refractivity contribution in [1.29, 1.82) is 0 Å². The molecule has 0 saturated carbocycles. The summed E-state index contributed by atoms with van der Waals surface area (Å²) in [5, 5.41) is 2.05. The van der Waals surface area contributed by atoms with Crippen molar-refractivity contribution in [3.63, 3.8) is 0 Å². The predicted molar refractivity (Wildman–Crippen MR) is 74.6 cm³/mol. The van der Waals surface area contributed by atoms with Crippen molar-refractivity contribution < 1.29 is 9.47 Å². The van der Waals surface area contributed by atoms with E-state index in [2.05, 4.69) is 13.0 Å². The molecule has 0 radical (unpaired) electrons. The van der Waals surface area contributed by atoms with Gasteiger partial charge in [0.25, 0.3) is 0 Å². The molecule has 0 aliphatic carbocycles. The van der Waals surface area contributed by atoms with E-state index in [4.69, 9.17) is 15.2 Å². The van der Waals surface area contributed by atoms with Crippen LogP contribution in [0, 0.1) is 6.92 Å². The maximum atomic E-state index is 6.36. The second-order valence-electron chi connectivity index (χ2n) is 4.02. The first-order valence-electron chi connectivity index (χ1n) is 5.69. The summed E-state index contributed by atoms with van der Waals surface area (Å²) in [7, 11) is 3.29. The van der Waals surface area contributed by atoms with Gasteiger partial charge in [0, 0.05) is 4.88 Å². The summed E-state index contributed by atoms with van der Waals surface area (Å²) in [6.07, 6.45) is 0. The Labute approximate surface area is 111 Å². The topological polar surface area (TPSA) is 44.5 Å². The van der Waals surface area contributed by atoms with Crippen molar-refractivity contribution >= 4 is 11.3 Å². The van der Waals surface area contributed by atoms with E-state index in [0.717, 1.165) is 21.9 Å². The molecule has 1 heterocycles. The van der Waals surface area contributed by atoms with Gasteiger partial charge in [-0.1, -0.05) is 6.07 Å². The van der Waals surface area contributed by atoms with Gasteiger partial charge >= 0.3 is 0 Å². The molecule has 0 aliphatic rings. The summed E-state index contributed by atoms with van der Waals surface area (Å²) in [4.78, 5) is 1.14. The lowest BCUT2D eigenvalue weighted by atomic mass is 10.0. The lowest BCUT2D eigenvalue weighted by molar-refractivity contribution is 0.382. The molecule has 1 unspecified atom stereocenters. The van der Waals surface area contributed by atoms with Gasteiger partial charge in [-0.05, 0) is 36.1 Å². The van der Waals surface area contributed by atoms with Gasteiger partial charge in [-0.15, -0.1) is 11.3 Å². The van der Waals surface area contributed by atoms with Crippen LogP contribution in [0.3, 0.4) is 0 Å². The van der Waals surface area contributed by atoms with Crippen LogP contribution >= 0.6 is 11.3 Å². The second-order valence-corrected chi connectivity index (χ2v) is 4.97. The normalized spacial score (nSPS) is 12.2. The molecular weight excluding hydrogens is 246 g/mol. The molecule has 96 valence electrons. The molecule has 2 N–H and O–H groups in total. The van der Waals surface area contributed by atoms with Crippen molar-refractivity contribution in [2.24, 2.45) is 5.73 Å². The van der Waals surface area contributed by atoms with E-state index >= 15 is 0 Å². The molecule has 0 amide bonds. The first-order valence-corrected chi connectivity index (χ1v) is 6.57. The van der Waals surface area contributed by atoms with E-state index in [9.17, 15) is 0 Å². The van der Waals surface area contributed by atoms with Crippen LogP contribution in [0.5, 0.6) is 11.5 Å². The van der Waals surface area contributed by atoms with Crippen molar-refractivity contribution in [2.45, 2.75) is 13.0 Å². The van der Waals surface area contributed by atoms with Crippen LogP contribution in [-0.2, 0) is 0 Å². The van der Waals surface area contributed by atoms with Crippen LogP contribution in [-0.4, -0.2) is 14.2 Å². The van der Waals surface area contributed by atoms with Crippen molar-refractivity contribution in [3.8, 4) is 11.5 Å². The fourth-order valence-electron chi connectivity index (χ4n) is 2.02. The summed E-state index contributed by atoms with van der Waals surface area (Å²) < 4.78 is 10.8. The number of thiophene rings is 1. The van der Waals surface area contributed by atoms with Gasteiger partial charge in [0.2, 0.25) is 0 Å². The lowest BCUT2D eigenvalue weighted by Crippen LogP contribution is -2.14. The van der Waals surface area contributed by atoms with Crippen molar-refractivity contribution in [1.82, 2.24) is 0 Å². The SMILES string of the molecule is COc1cccc(OC)c1C(N)c1sccc1C. The molecule has 2 rings (SSSR count). The highest BCUT2D eigenvalue weighted by Crippen LogP contribution is 2.38. The largest absolute Gasteiger partial charge is 0.496 e. The fourth-order valence-corrected chi connectivity index (χ4v) is 2.96. The Kier molecular flexibility index (Phi) is 3.89. The third-order valence-electron chi connectivity index (χ3n) is 2.96. The fraction of sp³-hybridized carbons (Fsp3) is 0.286. The number of aryl methyl sites for hydroxylation is 1. The summed E-state index contributed by atoms with van der Waals surface area (Å²) in [5.74, 6) is 1.52. The highest BCUT2D eigenvalue weighted by atomic mass is 32.1. The number of hydrogen-bond donors (Lipinski definition) is 1. The van der Waals surface area contributed by atoms with E-state index < -0.39 is 0 Å². The van der Waals surface area contributed by atoms with Gasteiger partial charge in [0.15, 0.2) is 0 Å². The zero-order valence-corrected chi connectivity index (χ0v) is 11.6. The average molecular weight is 263 g/mol. The van der Waals surface area contributed by atoms with Crippen molar-refractivity contribution in [2.75, 3.05) is 14.2 Å². The van der Waals surface area contributed by atoms with Gasteiger partial charge in [0.05, 0.1) is 25.8 Å². The third kappa shape index (κ3) is 2.21. The van der Waals surface area contributed by atoms with E-state index in [1.54, 1.807) is 25.6 Å². The lowest BCUT2D eigenvalue weighted by Gasteiger charge is -2.18. The standard InChI is InChI=1S/C14H17NO2S/c1-9-7-8-18-14(9)13(15)12-10(16-2)5-4-6-11(12)17-3/h4-8,13H,15H2,1-3H3. The Bertz CT molecular complexity index is 514. The quantitative estimate of drug-likeness (QED) is 0.921. The number of rotatable bonds is 4. The minimum absolute atomic E-state index is 0.226. The molecule has 4 heteroatoms. The molecule has 0 spiro atoms. The number of ether oxygens (including phenoxy) is 2. The molecule has 3 nitrogen and oxygen atoms in total. The molecule has 0 saturated heterocycles. The molecule has 1 atom stereocenters. The Balaban J connectivity index is 2.52. The molecule has 0 fully saturated rings. The third-order valence-corrected chi connectivity index (χ3v) is 4.06. The molecule has 1 aromatic carbocycles. The Morgan fingerprint density at radius 3 is 2.17 bits per heavy atom. The zero-order chi connectivity index (χ0) is 13.1. The van der Waals surface area contributed by atoms with Gasteiger partial charge in [-0.2, -0.15) is 0 Å². The minimum Gasteiger partial charge on any atom is -0.496 e. The first kappa shape index (κ1) is 12.9. The zero-order valence-electron chi connectivity index (χ0n) is 10.8. The van der Waals surface area contributed by atoms with Crippen LogP contribution in [0.25, 0.3) is 0 Å². The number of hydrogen-bond acceptors (Lipinski definition) is 4. The predicted octanol–water partition coefficient (Wildman–Crippen LogP) is 3.12. The smallest absolute Gasteiger partial charge is 0.127 e. The average Bonchev–Trinajstić information content (AvgIpc) is 2.83. The maximum Gasteiger partial charge on any atom is 0.127 e. The molecule has 2 aromatic rings. The molecule has 18 heavy (non-hydrogen) atoms. The van der Waals surface area contributed by atoms with Gasteiger partial charge in [-0.25, -0.2) is 0 Å². The van der Waals surface area contributed by atoms with E-state index in [-0.39, 0.29) is 6.04 Å². The summed E-state index contributed by atoms with van der Waals surface area (Å²) >= 11 is 1.65. The van der Waals surface area contributed by atoms with Crippen LogP contribution < -0.4 is 15.2 Å². The van der Waals surface area contributed by atoms with Gasteiger partial charge in [0.1, 0.15) is 11.5 Å². The first-order chi connectivity index (χ1) is 8.69. The van der Waals surface area contributed by atoms with Gasteiger partial charge in [-0.3, -0.25) is 0 Å². The Hall–Kier alpha value is -1.52. The number of methoxy groups -OCH3 is 2. The molecule has 1 aromatic heterocycles. The van der Waals surface area contributed by atoms with Crippen molar-refractivity contribution in [3.05, 3.63) is 45.6 Å². The van der Waals surface area contributed by atoms with Crippen LogP contribution in [0.2, 0.25) is 0 Å². The monoisotopic (exact) mass is 263 g/mol. The van der Waals surface area contributed by atoms with E-state index in [0.29, 0.717) is 0 Å². The summed E-state index contributed by atoms with van der Waals surface area (Å²) in [6, 6.07) is 7.55. The minimum atomic E-state index is -0.226. The summed E-state index contributed by atoms with van der Waals surface area (Å²) in [6.45, 7) is 2.06. The highest BCUT2D eigenvalue weighted by Gasteiger charge is 2.21. The van der Waals surface area contributed by atoms with Gasteiger partial charge < -0.3 is 15.2 Å². The molecule has 0 aliphatic heterocycles. The van der Waals surface area contributed by atoms with E-state index in [1.165, 1.54) is 5.56 Å².